The van der Waals surface area contributed by atoms with E-state index < -0.39 is 33.6 Å². The molecule has 3 aromatic carbocycles. The van der Waals surface area contributed by atoms with E-state index in [1.807, 2.05) is 31.2 Å². The van der Waals surface area contributed by atoms with Crippen molar-refractivity contribution in [1.82, 2.24) is 14.7 Å². The number of nitrogens with one attached hydrogen (secondary N) is 2. The van der Waals surface area contributed by atoms with E-state index in [0.717, 1.165) is 63.2 Å². The Hall–Kier alpha value is -3.94. The number of carbonyl (C=O) groups is 2. The smallest absolute Gasteiger partial charge is 0.322 e. The minimum absolute atomic E-state index is 0. The number of benzene rings is 3. The Morgan fingerprint density at radius 3 is 2.11 bits per heavy atom. The van der Waals surface area contributed by atoms with Gasteiger partial charge in [0.15, 0.2) is 0 Å². The topological polar surface area (TPSA) is 111 Å². The third kappa shape index (κ3) is 10.8. The largest absolute Gasteiger partial charge is 0.457 e. The van der Waals surface area contributed by atoms with Crippen LogP contribution in [0.4, 0.5) is 25.0 Å². The van der Waals surface area contributed by atoms with E-state index in [2.05, 4.69) is 14.9 Å². The Balaban J connectivity index is 0.00000600. The van der Waals surface area contributed by atoms with Crippen LogP contribution in [0.1, 0.15) is 48.5 Å². The second-order valence-electron chi connectivity index (χ2n) is 11.6. The van der Waals surface area contributed by atoms with Gasteiger partial charge in [-0.1, -0.05) is 25.5 Å². The normalized spacial score (nSPS) is 13.7. The van der Waals surface area contributed by atoms with Crippen molar-refractivity contribution in [3.63, 3.8) is 0 Å². The molecule has 1 heterocycles. The Morgan fingerprint density at radius 2 is 1.55 bits per heavy atom. The van der Waals surface area contributed by atoms with Crippen molar-refractivity contribution in [3.8, 4) is 11.5 Å². The monoisotopic (exact) mass is 693 g/mol. The first-order chi connectivity index (χ1) is 21.8. The number of hydrogen-bond donors (Lipinski definition) is 2. The average Bonchev–Trinajstić information content (AvgIpc) is 3.00. The highest BCUT2D eigenvalue weighted by atomic mass is 35.5. The second-order valence-corrected chi connectivity index (χ2v) is 13.4. The molecule has 1 aliphatic heterocycles. The molecule has 0 saturated carbocycles. The third-order valence-corrected chi connectivity index (χ3v) is 8.28. The van der Waals surface area contributed by atoms with Gasteiger partial charge in [-0.3, -0.25) is 14.4 Å². The first-order valence-electron chi connectivity index (χ1n) is 15.2. The lowest BCUT2D eigenvalue weighted by Gasteiger charge is -2.38. The van der Waals surface area contributed by atoms with E-state index in [-0.39, 0.29) is 29.7 Å². The number of anilines is 2. The van der Waals surface area contributed by atoms with Crippen molar-refractivity contribution < 1.29 is 31.5 Å². The number of ether oxygens (including phenoxy) is 1. The maximum Gasteiger partial charge on any atom is 0.322 e. The van der Waals surface area contributed by atoms with Crippen LogP contribution in [-0.4, -0.2) is 81.1 Å². The van der Waals surface area contributed by atoms with Crippen LogP contribution in [0.3, 0.4) is 0 Å². The van der Waals surface area contributed by atoms with Crippen molar-refractivity contribution in [2.24, 2.45) is 0 Å². The minimum Gasteiger partial charge on any atom is -0.457 e. The van der Waals surface area contributed by atoms with Crippen LogP contribution in [-0.2, 0) is 16.6 Å². The van der Waals surface area contributed by atoms with Gasteiger partial charge in [-0.2, -0.15) is 0 Å². The van der Waals surface area contributed by atoms with Crippen molar-refractivity contribution in [2.75, 3.05) is 50.0 Å². The molecule has 4 rings (SSSR count). The predicted octanol–water partition coefficient (Wildman–Crippen LogP) is 6.55. The van der Waals surface area contributed by atoms with E-state index in [1.54, 1.807) is 29.2 Å². The average molecular weight is 694 g/mol. The molecular formula is C33H42ClF2N5O5S. The zero-order valence-electron chi connectivity index (χ0n) is 27.0. The molecule has 47 heavy (non-hydrogen) atoms. The predicted molar refractivity (Wildman–Crippen MR) is 182 cm³/mol. The fourth-order valence-electron chi connectivity index (χ4n) is 5.27. The molecule has 2 N–H and O–H groups in total. The summed E-state index contributed by atoms with van der Waals surface area (Å²) in [6.45, 7) is 4.78. The highest BCUT2D eigenvalue weighted by Gasteiger charge is 2.29. The molecule has 0 bridgehead atoms. The zero-order chi connectivity index (χ0) is 33.4. The summed E-state index contributed by atoms with van der Waals surface area (Å²) < 4.78 is 60.0. The Bertz CT molecular complexity index is 1620. The summed E-state index contributed by atoms with van der Waals surface area (Å²) in [5, 5.41) is 2.58. The number of rotatable bonds is 12. The molecule has 10 nitrogen and oxygen atoms in total. The number of carbonyl (C=O) groups excluding carboxylic acids is 2. The van der Waals surface area contributed by atoms with Gasteiger partial charge in [-0.25, -0.2) is 22.0 Å². The number of unbranched alkanes of at least 4 members (excludes halogenated alkanes) is 1. The van der Waals surface area contributed by atoms with E-state index in [1.165, 1.54) is 19.0 Å². The van der Waals surface area contributed by atoms with Crippen molar-refractivity contribution in [2.45, 2.75) is 45.2 Å². The van der Waals surface area contributed by atoms with Gasteiger partial charge >= 0.3 is 6.03 Å². The van der Waals surface area contributed by atoms with Gasteiger partial charge in [-0.05, 0) is 67.3 Å². The van der Waals surface area contributed by atoms with Gasteiger partial charge in [0.2, 0.25) is 10.0 Å². The third-order valence-electron chi connectivity index (χ3n) is 7.67. The van der Waals surface area contributed by atoms with Gasteiger partial charge in [0.05, 0.1) is 17.5 Å². The van der Waals surface area contributed by atoms with E-state index in [0.29, 0.717) is 29.8 Å². The van der Waals surface area contributed by atoms with Crippen LogP contribution in [0.25, 0.3) is 0 Å². The lowest BCUT2D eigenvalue weighted by Crippen LogP contribution is -2.49. The number of piperidine rings is 1. The summed E-state index contributed by atoms with van der Waals surface area (Å²) in [4.78, 5) is 31.0. The standard InChI is InChI=1S/C33H41F2N5O5S.ClH/c1-5-6-17-40(33(42)36-31-20-28(32(41)38(2)3)29(34)21-30(31)35)25-15-18-39(19-16-25)22-23-7-11-26(12-8-23)45-27-13-9-24(10-14-27)37-46(4,43)44;/h7-14,20-21,25,37H,5-6,15-19,22H2,1-4H3,(H,36,42);1H. The lowest BCUT2D eigenvalue weighted by atomic mass is 10.0. The number of nitrogens with zero attached hydrogens (tertiary/aromatic N) is 3. The van der Waals surface area contributed by atoms with E-state index in [4.69, 9.17) is 4.74 Å². The molecule has 1 fully saturated rings. The fourth-order valence-corrected chi connectivity index (χ4v) is 5.83. The molecule has 0 unspecified atom stereocenters. The maximum atomic E-state index is 14.6. The van der Waals surface area contributed by atoms with Crippen molar-refractivity contribution in [3.05, 3.63) is 83.4 Å². The van der Waals surface area contributed by atoms with Crippen LogP contribution in [0.2, 0.25) is 0 Å². The molecule has 1 saturated heterocycles. The molecule has 14 heteroatoms. The summed E-state index contributed by atoms with van der Waals surface area (Å²) in [5.41, 5.74) is 1.02. The SMILES string of the molecule is CCCCN(C(=O)Nc1cc(C(=O)N(C)C)c(F)cc1F)C1CCN(Cc2ccc(Oc3ccc(NS(C)(=O)=O)cc3)cc2)CC1.Cl. The van der Waals surface area contributed by atoms with Crippen molar-refractivity contribution >= 4 is 45.7 Å². The van der Waals surface area contributed by atoms with Crippen LogP contribution in [0, 0.1) is 11.6 Å². The molecule has 0 radical (unpaired) electrons. The number of halogens is 3. The van der Waals surface area contributed by atoms with Gasteiger partial charge in [0, 0.05) is 58.1 Å². The minimum atomic E-state index is -3.35. The molecular weight excluding hydrogens is 652 g/mol. The summed E-state index contributed by atoms with van der Waals surface area (Å²) in [6.07, 6.45) is 4.22. The fraction of sp³-hybridized carbons (Fsp3) is 0.394. The van der Waals surface area contributed by atoms with Gasteiger partial charge in [0.25, 0.3) is 5.91 Å². The van der Waals surface area contributed by atoms with Gasteiger partial charge < -0.3 is 19.9 Å². The number of amides is 3. The molecule has 0 atom stereocenters. The zero-order valence-corrected chi connectivity index (χ0v) is 28.6. The molecule has 0 spiro atoms. The number of urea groups is 1. The molecule has 256 valence electrons. The van der Waals surface area contributed by atoms with Crippen LogP contribution in [0.5, 0.6) is 11.5 Å². The Kier molecular flexibility index (Phi) is 13.4. The van der Waals surface area contributed by atoms with Crippen molar-refractivity contribution in [1.29, 1.82) is 0 Å². The molecule has 0 aromatic heterocycles. The van der Waals surface area contributed by atoms with Crippen LogP contribution in [0.15, 0.2) is 60.7 Å². The highest BCUT2D eigenvalue weighted by molar-refractivity contribution is 7.92. The van der Waals surface area contributed by atoms with Gasteiger partial charge in [0.1, 0.15) is 23.1 Å². The summed E-state index contributed by atoms with van der Waals surface area (Å²) in [6, 6.07) is 15.5. The number of hydrogen-bond acceptors (Lipinski definition) is 6. The summed E-state index contributed by atoms with van der Waals surface area (Å²) in [7, 11) is -0.409. The maximum absolute atomic E-state index is 14.6. The van der Waals surface area contributed by atoms with E-state index in [9.17, 15) is 26.8 Å². The quantitative estimate of drug-likeness (QED) is 0.223. The number of likely N-dealkylation sites (tertiary alicyclic amines) is 1. The first kappa shape index (κ1) is 37.5. The second kappa shape index (κ2) is 16.8. The van der Waals surface area contributed by atoms with Crippen LogP contribution < -0.4 is 14.8 Å². The van der Waals surface area contributed by atoms with E-state index >= 15 is 0 Å². The number of sulfonamides is 1. The highest BCUT2D eigenvalue weighted by Crippen LogP contribution is 2.26. The first-order valence-corrected chi connectivity index (χ1v) is 17.1. The molecule has 0 aliphatic carbocycles. The molecule has 3 amide bonds. The van der Waals surface area contributed by atoms with Crippen LogP contribution >= 0.6 is 12.4 Å². The lowest BCUT2D eigenvalue weighted by molar-refractivity contribution is 0.0823. The molecule has 1 aliphatic rings. The summed E-state index contributed by atoms with van der Waals surface area (Å²) in [5.74, 6) is -1.32. The Morgan fingerprint density at radius 1 is 0.957 bits per heavy atom. The Labute approximate surface area is 281 Å². The van der Waals surface area contributed by atoms with Gasteiger partial charge in [-0.15, -0.1) is 12.4 Å². The molecule has 3 aromatic rings. The summed E-state index contributed by atoms with van der Waals surface area (Å²) >= 11 is 0.